The molecule has 1 aliphatic rings. The van der Waals surface area contributed by atoms with Crippen LogP contribution in [0.3, 0.4) is 0 Å². The molecule has 2 heterocycles. The third kappa shape index (κ3) is 4.81. The van der Waals surface area contributed by atoms with Crippen molar-refractivity contribution in [2.24, 2.45) is 0 Å². The number of nitrogens with zero attached hydrogens (tertiary/aromatic N) is 2. The van der Waals surface area contributed by atoms with Gasteiger partial charge in [0.05, 0.1) is 13.5 Å². The second kappa shape index (κ2) is 9.67. The Balaban J connectivity index is 1.66. The van der Waals surface area contributed by atoms with Gasteiger partial charge < -0.3 is 14.7 Å². The van der Waals surface area contributed by atoms with Crippen LogP contribution in [0.5, 0.6) is 5.88 Å². The molecule has 3 aromatic rings. The third-order valence-electron chi connectivity index (χ3n) is 6.65. The van der Waals surface area contributed by atoms with E-state index in [-0.39, 0.29) is 18.2 Å². The van der Waals surface area contributed by atoms with E-state index in [4.69, 9.17) is 4.74 Å². The maximum Gasteiger partial charge on any atom is 0.304 e. The summed E-state index contributed by atoms with van der Waals surface area (Å²) in [5.41, 5.74) is 7.75. The van der Waals surface area contributed by atoms with Crippen molar-refractivity contribution >= 4 is 11.9 Å². The van der Waals surface area contributed by atoms with E-state index in [1.165, 1.54) is 5.56 Å². The quantitative estimate of drug-likeness (QED) is 0.573. The average Bonchev–Trinajstić information content (AvgIpc) is 2.83. The van der Waals surface area contributed by atoms with Crippen molar-refractivity contribution in [3.63, 3.8) is 0 Å². The Kier molecular flexibility index (Phi) is 6.68. The van der Waals surface area contributed by atoms with Crippen molar-refractivity contribution < 1.29 is 19.4 Å². The molecule has 1 N–H and O–H groups in total. The van der Waals surface area contributed by atoms with Gasteiger partial charge in [0.1, 0.15) is 0 Å². The van der Waals surface area contributed by atoms with Gasteiger partial charge in [-0.1, -0.05) is 35.9 Å². The van der Waals surface area contributed by atoms with Crippen LogP contribution >= 0.6 is 0 Å². The van der Waals surface area contributed by atoms with Gasteiger partial charge in [-0.2, -0.15) is 0 Å². The van der Waals surface area contributed by atoms with Crippen LogP contribution in [0.4, 0.5) is 0 Å². The highest BCUT2D eigenvalue weighted by Crippen LogP contribution is 2.34. The summed E-state index contributed by atoms with van der Waals surface area (Å²) in [4.78, 5) is 31.2. The first-order valence-electron chi connectivity index (χ1n) is 11.5. The highest BCUT2D eigenvalue weighted by atomic mass is 16.5. The van der Waals surface area contributed by atoms with Crippen molar-refractivity contribution in [3.8, 4) is 5.88 Å². The minimum absolute atomic E-state index is 0.0366. The lowest BCUT2D eigenvalue weighted by molar-refractivity contribution is -0.137. The lowest BCUT2D eigenvalue weighted by atomic mass is 9.84. The minimum atomic E-state index is -0.871. The number of carboxylic acids is 1. The standard InChI is InChI=1S/C28H30N2O4/c1-17-5-6-18(2)23(11-17)28(33)30-10-9-20-7-8-21(13-22(20)16-30)24(14-27(31)32)25-15-29-26(34-4)12-19(25)3/h5-8,11-13,15,24H,9-10,14,16H2,1-4H3,(H,31,32)/t24-/m1/s1. The number of hydrogen-bond donors (Lipinski definition) is 1. The highest BCUT2D eigenvalue weighted by molar-refractivity contribution is 5.96. The number of carboxylic acid groups (broad SMARTS) is 1. The molecule has 1 aromatic heterocycles. The fraction of sp³-hybridized carbons (Fsp3) is 0.321. The zero-order valence-corrected chi connectivity index (χ0v) is 20.1. The molecule has 0 bridgehead atoms. The van der Waals surface area contributed by atoms with E-state index in [1.807, 2.05) is 56.0 Å². The summed E-state index contributed by atoms with van der Waals surface area (Å²) in [5.74, 6) is -0.674. The number of ether oxygens (including phenoxy) is 1. The lowest BCUT2D eigenvalue weighted by Crippen LogP contribution is -2.36. The Morgan fingerprint density at radius 2 is 1.85 bits per heavy atom. The van der Waals surface area contributed by atoms with Gasteiger partial charge in [0, 0.05) is 36.8 Å². The van der Waals surface area contributed by atoms with Crippen LogP contribution in [0, 0.1) is 20.8 Å². The van der Waals surface area contributed by atoms with Gasteiger partial charge in [0.15, 0.2) is 0 Å². The smallest absolute Gasteiger partial charge is 0.304 e. The number of pyridine rings is 1. The van der Waals surface area contributed by atoms with Gasteiger partial charge in [-0.25, -0.2) is 4.98 Å². The molecule has 1 aliphatic heterocycles. The zero-order valence-electron chi connectivity index (χ0n) is 20.1. The molecule has 0 saturated heterocycles. The van der Waals surface area contributed by atoms with Crippen molar-refractivity contribution in [1.29, 1.82) is 0 Å². The monoisotopic (exact) mass is 458 g/mol. The fourth-order valence-electron chi connectivity index (χ4n) is 4.70. The number of methoxy groups -OCH3 is 1. The molecule has 0 saturated carbocycles. The van der Waals surface area contributed by atoms with Crippen LogP contribution in [0.1, 0.15) is 61.6 Å². The summed E-state index contributed by atoms with van der Waals surface area (Å²) in [6, 6.07) is 13.9. The molecular weight excluding hydrogens is 428 g/mol. The van der Waals surface area contributed by atoms with E-state index in [0.29, 0.717) is 19.0 Å². The Morgan fingerprint density at radius 3 is 2.56 bits per heavy atom. The SMILES string of the molecule is COc1cc(C)c([C@H](CC(=O)O)c2ccc3c(c2)CN(C(=O)c2cc(C)ccc2C)CC3)cn1. The second-order valence-electron chi connectivity index (χ2n) is 9.06. The largest absolute Gasteiger partial charge is 0.481 e. The number of amides is 1. The molecule has 0 aliphatic carbocycles. The van der Waals surface area contributed by atoms with E-state index >= 15 is 0 Å². The third-order valence-corrected chi connectivity index (χ3v) is 6.65. The number of hydrogen-bond acceptors (Lipinski definition) is 4. The molecule has 6 nitrogen and oxygen atoms in total. The Labute approximate surface area is 200 Å². The van der Waals surface area contributed by atoms with E-state index in [9.17, 15) is 14.7 Å². The first kappa shape index (κ1) is 23.5. The normalized spacial score (nSPS) is 13.8. The summed E-state index contributed by atoms with van der Waals surface area (Å²) in [5, 5.41) is 9.63. The number of fused-ring (bicyclic) bond motifs is 1. The van der Waals surface area contributed by atoms with Gasteiger partial charge in [-0.05, 0) is 66.6 Å². The van der Waals surface area contributed by atoms with E-state index in [0.717, 1.165) is 45.4 Å². The summed E-state index contributed by atoms with van der Waals surface area (Å²) in [6.45, 7) is 7.07. The molecule has 0 unspecified atom stereocenters. The van der Waals surface area contributed by atoms with Gasteiger partial charge >= 0.3 is 5.97 Å². The van der Waals surface area contributed by atoms with Gasteiger partial charge in [0.25, 0.3) is 5.91 Å². The Hall–Kier alpha value is -3.67. The molecule has 1 atom stereocenters. The average molecular weight is 459 g/mol. The summed E-state index contributed by atoms with van der Waals surface area (Å²) < 4.78 is 5.21. The molecule has 1 amide bonds. The number of aryl methyl sites for hydroxylation is 3. The predicted octanol–water partition coefficient (Wildman–Crippen LogP) is 4.82. The van der Waals surface area contributed by atoms with E-state index in [2.05, 4.69) is 17.1 Å². The highest BCUT2D eigenvalue weighted by Gasteiger charge is 2.26. The Morgan fingerprint density at radius 1 is 1.06 bits per heavy atom. The summed E-state index contributed by atoms with van der Waals surface area (Å²) >= 11 is 0. The summed E-state index contributed by atoms with van der Waals surface area (Å²) in [6.07, 6.45) is 2.44. The number of carbonyl (C=O) groups excluding carboxylic acids is 1. The molecule has 6 heteroatoms. The van der Waals surface area contributed by atoms with Gasteiger partial charge in [-0.15, -0.1) is 0 Å². The molecule has 0 radical (unpaired) electrons. The lowest BCUT2D eigenvalue weighted by Gasteiger charge is -2.30. The van der Waals surface area contributed by atoms with Crippen molar-refractivity contribution in [2.75, 3.05) is 13.7 Å². The van der Waals surface area contributed by atoms with E-state index in [1.54, 1.807) is 13.3 Å². The molecule has 0 spiro atoms. The van der Waals surface area contributed by atoms with Gasteiger partial charge in [-0.3, -0.25) is 9.59 Å². The van der Waals surface area contributed by atoms with E-state index < -0.39 is 5.97 Å². The number of rotatable bonds is 6. The number of carbonyl (C=O) groups is 2. The van der Waals surface area contributed by atoms with Gasteiger partial charge in [0.2, 0.25) is 5.88 Å². The van der Waals surface area contributed by atoms with Crippen LogP contribution in [-0.4, -0.2) is 40.5 Å². The molecule has 0 fully saturated rings. The maximum absolute atomic E-state index is 13.3. The second-order valence-corrected chi connectivity index (χ2v) is 9.06. The van der Waals surface area contributed by atoms with Crippen LogP contribution < -0.4 is 4.74 Å². The zero-order chi connectivity index (χ0) is 24.4. The Bertz CT molecular complexity index is 1250. The number of aliphatic carboxylic acids is 1. The summed E-state index contributed by atoms with van der Waals surface area (Å²) in [7, 11) is 1.56. The van der Waals surface area contributed by atoms with Crippen LogP contribution in [0.2, 0.25) is 0 Å². The van der Waals surface area contributed by atoms with Crippen LogP contribution in [0.25, 0.3) is 0 Å². The molecule has 176 valence electrons. The first-order valence-corrected chi connectivity index (χ1v) is 11.5. The topological polar surface area (TPSA) is 79.7 Å². The van der Waals surface area contributed by atoms with Crippen LogP contribution in [0.15, 0.2) is 48.7 Å². The maximum atomic E-state index is 13.3. The van der Waals surface area contributed by atoms with Crippen LogP contribution in [-0.2, 0) is 17.8 Å². The minimum Gasteiger partial charge on any atom is -0.481 e. The molecule has 34 heavy (non-hydrogen) atoms. The number of aromatic nitrogens is 1. The first-order chi connectivity index (χ1) is 16.3. The van der Waals surface area contributed by atoms with Crippen molar-refractivity contribution in [3.05, 3.63) is 93.2 Å². The molecule has 4 rings (SSSR count). The van der Waals surface area contributed by atoms with Crippen molar-refractivity contribution in [1.82, 2.24) is 9.88 Å². The molecular formula is C28H30N2O4. The predicted molar refractivity (Wildman–Crippen MR) is 130 cm³/mol. The fourth-order valence-corrected chi connectivity index (χ4v) is 4.70. The number of benzene rings is 2. The molecule has 2 aromatic carbocycles. The van der Waals surface area contributed by atoms with Crippen molar-refractivity contribution in [2.45, 2.75) is 46.1 Å².